The molecular formula is C9H12O4. The number of methoxy groups -OCH3 is 2. The van der Waals surface area contributed by atoms with Gasteiger partial charge in [0.05, 0.1) is 6.42 Å². The van der Waals surface area contributed by atoms with Gasteiger partial charge < -0.3 is 9.47 Å². The lowest BCUT2D eigenvalue weighted by atomic mass is 9.92. The van der Waals surface area contributed by atoms with Crippen molar-refractivity contribution in [1.29, 1.82) is 0 Å². The van der Waals surface area contributed by atoms with Crippen LogP contribution in [0.25, 0.3) is 0 Å². The van der Waals surface area contributed by atoms with Crippen LogP contribution < -0.4 is 0 Å². The number of ether oxygens (including phenoxy) is 2. The molecule has 0 radical (unpaired) electrons. The summed E-state index contributed by atoms with van der Waals surface area (Å²) in [6.07, 6.45) is 1.27. The van der Waals surface area contributed by atoms with E-state index in [0.29, 0.717) is 5.57 Å². The van der Waals surface area contributed by atoms with E-state index < -0.39 is 5.79 Å². The summed E-state index contributed by atoms with van der Waals surface area (Å²) in [4.78, 5) is 22.7. The van der Waals surface area contributed by atoms with Gasteiger partial charge >= 0.3 is 0 Å². The van der Waals surface area contributed by atoms with Crippen molar-refractivity contribution in [3.63, 3.8) is 0 Å². The Morgan fingerprint density at radius 1 is 1.31 bits per heavy atom. The SMILES string of the molecule is COC1(OC)CC(=O)C=C(C)C1=O. The second-order valence-electron chi connectivity index (χ2n) is 2.96. The lowest BCUT2D eigenvalue weighted by Crippen LogP contribution is -2.47. The first-order valence-corrected chi connectivity index (χ1v) is 3.92. The molecule has 4 nitrogen and oxygen atoms in total. The van der Waals surface area contributed by atoms with Crippen molar-refractivity contribution in [2.75, 3.05) is 14.2 Å². The first-order valence-electron chi connectivity index (χ1n) is 3.92. The van der Waals surface area contributed by atoms with Gasteiger partial charge in [0.2, 0.25) is 11.6 Å². The predicted octanol–water partition coefficient (Wildman–Crippen LogP) is 0.464. The number of allylic oxidation sites excluding steroid dienone is 1. The van der Waals surface area contributed by atoms with Gasteiger partial charge in [0, 0.05) is 19.8 Å². The first-order chi connectivity index (χ1) is 6.05. The Morgan fingerprint density at radius 3 is 2.31 bits per heavy atom. The number of ketones is 2. The molecule has 0 fully saturated rings. The molecule has 0 aromatic carbocycles. The van der Waals surface area contributed by atoms with Gasteiger partial charge in [-0.25, -0.2) is 0 Å². The molecule has 1 aliphatic rings. The highest BCUT2D eigenvalue weighted by Gasteiger charge is 2.43. The van der Waals surface area contributed by atoms with Crippen LogP contribution in [0, 0.1) is 0 Å². The molecule has 0 aromatic heterocycles. The molecule has 0 heterocycles. The van der Waals surface area contributed by atoms with Crippen LogP contribution in [0.3, 0.4) is 0 Å². The van der Waals surface area contributed by atoms with Crippen LogP contribution in [0.15, 0.2) is 11.6 Å². The minimum absolute atomic E-state index is 0.0455. The summed E-state index contributed by atoms with van der Waals surface area (Å²) in [6.45, 7) is 1.58. The molecule has 0 saturated carbocycles. The monoisotopic (exact) mass is 184 g/mol. The molecule has 0 aliphatic heterocycles. The summed E-state index contributed by atoms with van der Waals surface area (Å²) in [5, 5.41) is 0. The summed E-state index contributed by atoms with van der Waals surface area (Å²) in [6, 6.07) is 0. The number of hydrogen-bond donors (Lipinski definition) is 0. The van der Waals surface area contributed by atoms with E-state index in [1.807, 2.05) is 0 Å². The molecule has 1 rings (SSSR count). The first kappa shape index (κ1) is 10.1. The molecule has 0 aromatic rings. The van der Waals surface area contributed by atoms with Gasteiger partial charge in [0.1, 0.15) is 0 Å². The number of Topliss-reactive ketones (excluding diaryl/α,β-unsaturated/α-hetero) is 1. The highest BCUT2D eigenvalue weighted by Crippen LogP contribution is 2.26. The predicted molar refractivity (Wildman–Crippen MR) is 45.1 cm³/mol. The Balaban J connectivity index is 3.08. The zero-order chi connectivity index (χ0) is 10.1. The second kappa shape index (κ2) is 3.40. The molecule has 72 valence electrons. The molecule has 0 spiro atoms. The number of hydrogen-bond acceptors (Lipinski definition) is 4. The van der Waals surface area contributed by atoms with Crippen LogP contribution in [0.2, 0.25) is 0 Å². The fourth-order valence-electron chi connectivity index (χ4n) is 1.38. The van der Waals surface area contributed by atoms with E-state index in [-0.39, 0.29) is 18.0 Å². The zero-order valence-corrected chi connectivity index (χ0v) is 7.92. The Kier molecular flexibility index (Phi) is 2.63. The van der Waals surface area contributed by atoms with Crippen LogP contribution in [0.5, 0.6) is 0 Å². The third-order valence-corrected chi connectivity index (χ3v) is 2.15. The van der Waals surface area contributed by atoms with Gasteiger partial charge in [-0.3, -0.25) is 9.59 Å². The molecule has 0 N–H and O–H groups in total. The Labute approximate surface area is 76.5 Å². The highest BCUT2D eigenvalue weighted by atomic mass is 16.7. The van der Waals surface area contributed by atoms with Crippen molar-refractivity contribution in [2.45, 2.75) is 19.1 Å². The summed E-state index contributed by atoms with van der Waals surface area (Å²) in [5.41, 5.74) is 0.375. The van der Waals surface area contributed by atoms with Crippen molar-refractivity contribution < 1.29 is 19.1 Å². The van der Waals surface area contributed by atoms with Crippen molar-refractivity contribution >= 4 is 11.6 Å². The second-order valence-corrected chi connectivity index (χ2v) is 2.96. The fourth-order valence-corrected chi connectivity index (χ4v) is 1.38. The quantitative estimate of drug-likeness (QED) is 0.585. The van der Waals surface area contributed by atoms with Crippen molar-refractivity contribution in [3.8, 4) is 0 Å². The number of carbonyl (C=O) groups excluding carboxylic acids is 2. The summed E-state index contributed by atoms with van der Waals surface area (Å²) in [7, 11) is 2.71. The van der Waals surface area contributed by atoms with Gasteiger partial charge in [0.25, 0.3) is 0 Å². The average molecular weight is 184 g/mol. The normalized spacial score (nSPS) is 21.6. The van der Waals surface area contributed by atoms with Crippen molar-refractivity contribution in [1.82, 2.24) is 0 Å². The summed E-state index contributed by atoms with van der Waals surface area (Å²) in [5.74, 6) is -1.83. The fraction of sp³-hybridized carbons (Fsp3) is 0.556. The third kappa shape index (κ3) is 1.55. The van der Waals surface area contributed by atoms with E-state index in [1.165, 1.54) is 20.3 Å². The molecule has 0 bridgehead atoms. The number of rotatable bonds is 2. The molecule has 0 atom stereocenters. The van der Waals surface area contributed by atoms with E-state index in [4.69, 9.17) is 9.47 Å². The van der Waals surface area contributed by atoms with Crippen LogP contribution in [0.4, 0.5) is 0 Å². The van der Waals surface area contributed by atoms with E-state index in [2.05, 4.69) is 0 Å². The van der Waals surface area contributed by atoms with E-state index in [9.17, 15) is 9.59 Å². The zero-order valence-electron chi connectivity index (χ0n) is 7.92. The molecule has 13 heavy (non-hydrogen) atoms. The van der Waals surface area contributed by atoms with Gasteiger partial charge in [-0.2, -0.15) is 0 Å². The van der Waals surface area contributed by atoms with Crippen LogP contribution in [-0.2, 0) is 19.1 Å². The average Bonchev–Trinajstić information content (AvgIpc) is 2.11. The topological polar surface area (TPSA) is 52.6 Å². The molecule has 4 heteroatoms. The lowest BCUT2D eigenvalue weighted by Gasteiger charge is -2.30. The van der Waals surface area contributed by atoms with Gasteiger partial charge in [0.15, 0.2) is 5.78 Å². The van der Waals surface area contributed by atoms with E-state index in [1.54, 1.807) is 6.92 Å². The molecule has 0 saturated heterocycles. The molecule has 1 aliphatic carbocycles. The Hall–Kier alpha value is -1.00. The van der Waals surface area contributed by atoms with Crippen molar-refractivity contribution in [3.05, 3.63) is 11.6 Å². The van der Waals surface area contributed by atoms with E-state index in [0.717, 1.165) is 0 Å². The number of carbonyl (C=O) groups is 2. The van der Waals surface area contributed by atoms with Crippen LogP contribution >= 0.6 is 0 Å². The van der Waals surface area contributed by atoms with E-state index >= 15 is 0 Å². The van der Waals surface area contributed by atoms with Crippen LogP contribution in [0.1, 0.15) is 13.3 Å². The smallest absolute Gasteiger partial charge is 0.240 e. The largest absolute Gasteiger partial charge is 0.346 e. The highest BCUT2D eigenvalue weighted by molar-refractivity contribution is 6.12. The minimum Gasteiger partial charge on any atom is -0.346 e. The Bertz CT molecular complexity index is 273. The molecule has 0 amide bonds. The van der Waals surface area contributed by atoms with Gasteiger partial charge in [-0.15, -0.1) is 0 Å². The molecule has 0 unspecified atom stereocenters. The minimum atomic E-state index is -1.39. The van der Waals surface area contributed by atoms with Crippen molar-refractivity contribution in [2.24, 2.45) is 0 Å². The van der Waals surface area contributed by atoms with Gasteiger partial charge in [-0.1, -0.05) is 0 Å². The summed E-state index contributed by atoms with van der Waals surface area (Å²) < 4.78 is 9.90. The van der Waals surface area contributed by atoms with Gasteiger partial charge in [-0.05, 0) is 13.0 Å². The maximum Gasteiger partial charge on any atom is 0.240 e. The Morgan fingerprint density at radius 2 is 1.85 bits per heavy atom. The summed E-state index contributed by atoms with van der Waals surface area (Å²) >= 11 is 0. The maximum atomic E-state index is 11.6. The van der Waals surface area contributed by atoms with Crippen LogP contribution in [-0.4, -0.2) is 31.6 Å². The maximum absolute atomic E-state index is 11.6. The standard InChI is InChI=1S/C9H12O4/c1-6-4-7(10)5-9(12-2,13-3)8(6)11/h4H,5H2,1-3H3. The molecular weight excluding hydrogens is 172 g/mol. The lowest BCUT2D eigenvalue weighted by molar-refractivity contribution is -0.207. The third-order valence-electron chi connectivity index (χ3n) is 2.15.